The van der Waals surface area contributed by atoms with E-state index in [1.54, 1.807) is 0 Å². The number of hydrogen-bond donors (Lipinski definition) is 0. The lowest BCUT2D eigenvalue weighted by molar-refractivity contribution is -0.830. The first-order chi connectivity index (χ1) is 10.4. The highest BCUT2D eigenvalue weighted by molar-refractivity contribution is 5.67. The van der Waals surface area contributed by atoms with Gasteiger partial charge in [-0.3, -0.25) is 0 Å². The zero-order chi connectivity index (χ0) is 13.9. The molecule has 4 nitrogen and oxygen atoms in total. The summed E-state index contributed by atoms with van der Waals surface area (Å²) in [6.07, 6.45) is 6.24. The molecule has 0 fully saturated rings. The molecule has 21 heavy (non-hydrogen) atoms. The van der Waals surface area contributed by atoms with Crippen LogP contribution < -0.4 is 9.47 Å². The van der Waals surface area contributed by atoms with E-state index < -0.39 is 6.03 Å². The lowest BCUT2D eigenvalue weighted by Gasteiger charge is -2.10. The van der Waals surface area contributed by atoms with Crippen molar-refractivity contribution in [2.45, 2.75) is 18.9 Å². The summed E-state index contributed by atoms with van der Waals surface area (Å²) in [5.74, 6) is 1.70. The molecule has 0 aromatic heterocycles. The van der Waals surface area contributed by atoms with E-state index in [2.05, 4.69) is 33.7 Å². The number of benzene rings is 2. The predicted octanol–water partition coefficient (Wildman–Crippen LogP) is 3.01. The second-order valence-electron chi connectivity index (χ2n) is 5.37. The highest BCUT2D eigenvalue weighted by atomic mass is 16.8. The van der Waals surface area contributed by atoms with Gasteiger partial charge >= 0.3 is 6.03 Å². The number of ether oxygens (including phenoxy) is 2. The molecule has 0 unspecified atom stereocenters. The lowest BCUT2D eigenvalue weighted by atomic mass is 10.3. The molecule has 5 rings (SSSR count). The van der Waals surface area contributed by atoms with Crippen molar-refractivity contribution in [1.29, 1.82) is 0 Å². The minimum Gasteiger partial charge on any atom is -0.334 e. The van der Waals surface area contributed by atoms with Crippen LogP contribution in [0.2, 0.25) is 0 Å². The first kappa shape index (κ1) is 11.1. The van der Waals surface area contributed by atoms with Crippen LogP contribution in [0, 0.1) is 0 Å². The van der Waals surface area contributed by atoms with Crippen LogP contribution >= 0.6 is 0 Å². The average Bonchev–Trinajstić information content (AvgIpc) is 2.93. The zero-order valence-corrected chi connectivity index (χ0v) is 11.4. The van der Waals surface area contributed by atoms with Crippen LogP contribution in [0.15, 0.2) is 48.5 Å². The van der Waals surface area contributed by atoms with E-state index in [4.69, 9.17) is 9.47 Å². The van der Waals surface area contributed by atoms with Gasteiger partial charge in [0, 0.05) is 25.0 Å². The van der Waals surface area contributed by atoms with Gasteiger partial charge in [0.25, 0.3) is 11.4 Å². The van der Waals surface area contributed by atoms with Crippen LogP contribution in [0.25, 0.3) is 0 Å². The van der Waals surface area contributed by atoms with Gasteiger partial charge in [0.2, 0.25) is 11.5 Å². The van der Waals surface area contributed by atoms with Crippen molar-refractivity contribution in [3.05, 3.63) is 48.5 Å². The van der Waals surface area contributed by atoms with E-state index in [1.165, 1.54) is 0 Å². The van der Waals surface area contributed by atoms with Gasteiger partial charge in [0.05, 0.1) is 0 Å². The summed E-state index contributed by atoms with van der Waals surface area (Å²) < 4.78 is 16.7. The molecule has 0 amide bonds. The highest BCUT2D eigenvalue weighted by Crippen LogP contribution is 2.49. The Hall–Kier alpha value is -2.62. The Labute approximate surface area is 122 Å². The molecule has 2 aromatic carbocycles. The molecule has 1 spiro atoms. The molecular formula is C17H14N2O2+2. The number of hydrogen-bond acceptors (Lipinski definition) is 2. The molecule has 2 aromatic rings. The molecule has 0 aliphatic carbocycles. The van der Waals surface area contributed by atoms with Crippen molar-refractivity contribution >= 4 is 23.8 Å². The molecule has 0 N–H and O–H groups in total. The molecule has 0 saturated heterocycles. The smallest absolute Gasteiger partial charge is 0.334 e. The van der Waals surface area contributed by atoms with Gasteiger partial charge in [-0.1, -0.05) is 33.4 Å². The largest absolute Gasteiger partial charge is 0.714 e. The van der Waals surface area contributed by atoms with Crippen LogP contribution in [0.1, 0.15) is 12.8 Å². The third kappa shape index (κ3) is 1.29. The van der Waals surface area contributed by atoms with Gasteiger partial charge < -0.3 is 9.47 Å². The molecule has 0 bridgehead atoms. The minimum absolute atomic E-state index is 0.849. The molecule has 0 radical (unpaired) electrons. The Kier molecular flexibility index (Phi) is 1.97. The maximum atomic E-state index is 6.25. The average molecular weight is 278 g/mol. The second-order valence-corrected chi connectivity index (χ2v) is 5.37. The summed E-state index contributed by atoms with van der Waals surface area (Å²) in [5.41, 5.74) is 2.09. The maximum Gasteiger partial charge on any atom is 0.714 e. The van der Waals surface area contributed by atoms with E-state index in [-0.39, 0.29) is 0 Å². The van der Waals surface area contributed by atoms with Crippen molar-refractivity contribution in [2.75, 3.05) is 0 Å². The Balaban J connectivity index is 1.79. The lowest BCUT2D eigenvalue weighted by Crippen LogP contribution is -2.52. The molecule has 4 heteroatoms. The van der Waals surface area contributed by atoms with Gasteiger partial charge in [0.15, 0.2) is 12.4 Å². The van der Waals surface area contributed by atoms with E-state index in [1.807, 2.05) is 36.4 Å². The normalized spacial score (nSPS) is 19.8. The fourth-order valence-corrected chi connectivity index (χ4v) is 3.24. The summed E-state index contributed by atoms with van der Waals surface area (Å²) >= 11 is 0. The summed E-state index contributed by atoms with van der Waals surface area (Å²) in [5, 5.41) is 0. The molecule has 3 heterocycles. The van der Waals surface area contributed by atoms with Gasteiger partial charge in [-0.2, -0.15) is 0 Å². The number of nitrogens with zero attached hydrogens (tertiary/aromatic N) is 2. The van der Waals surface area contributed by atoms with Gasteiger partial charge in [0.1, 0.15) is 0 Å². The van der Waals surface area contributed by atoms with Crippen molar-refractivity contribution in [1.82, 2.24) is 0 Å². The van der Waals surface area contributed by atoms with Crippen LogP contribution in [-0.2, 0) is 0 Å². The van der Waals surface area contributed by atoms with Crippen molar-refractivity contribution in [2.24, 2.45) is 0 Å². The molecular weight excluding hydrogens is 264 g/mol. The topological polar surface area (TPSA) is 24.5 Å². The van der Waals surface area contributed by atoms with E-state index >= 15 is 0 Å². The standard InChI is InChI=1S/C17H14N2O2/c1-3-9-15-13(7-1)18-11-5-6-12-19-14-8-2-4-10-16(14)21-17(18,19)20-15/h1-4,7-12H,5-6H2/q+2. The predicted molar refractivity (Wildman–Crippen MR) is 78.1 cm³/mol. The molecule has 3 aliphatic rings. The van der Waals surface area contributed by atoms with Crippen LogP contribution in [0.3, 0.4) is 0 Å². The van der Waals surface area contributed by atoms with Crippen molar-refractivity contribution in [3.8, 4) is 11.5 Å². The minimum atomic E-state index is -0.941. The van der Waals surface area contributed by atoms with E-state index in [0.29, 0.717) is 0 Å². The Bertz CT molecular complexity index is 754. The highest BCUT2D eigenvalue weighted by Gasteiger charge is 2.71. The van der Waals surface area contributed by atoms with Crippen LogP contribution in [0.4, 0.5) is 11.4 Å². The summed E-state index contributed by atoms with van der Waals surface area (Å²) in [4.78, 5) is 0. The summed E-state index contributed by atoms with van der Waals surface area (Å²) in [6.45, 7) is 0. The number of para-hydroxylation sites is 4. The van der Waals surface area contributed by atoms with E-state index in [9.17, 15) is 0 Å². The first-order valence-corrected chi connectivity index (χ1v) is 7.20. The van der Waals surface area contributed by atoms with Crippen LogP contribution in [-0.4, -0.2) is 27.6 Å². The van der Waals surface area contributed by atoms with Gasteiger partial charge in [-0.15, -0.1) is 0 Å². The Morgan fingerprint density at radius 1 is 0.714 bits per heavy atom. The maximum absolute atomic E-state index is 6.25. The molecule has 3 aliphatic heterocycles. The molecule has 0 atom stereocenters. The van der Waals surface area contributed by atoms with Gasteiger partial charge in [-0.05, 0) is 12.1 Å². The fourth-order valence-electron chi connectivity index (χ4n) is 3.24. The SMILES string of the molecule is C1=[N+]2c3ccccc3OC23Oc2ccccc2[N+]3=CCC1. The summed E-state index contributed by atoms with van der Waals surface area (Å²) in [6, 6.07) is 15.2. The second kappa shape index (κ2) is 3.73. The van der Waals surface area contributed by atoms with Gasteiger partial charge in [-0.25, -0.2) is 0 Å². The Morgan fingerprint density at radius 3 is 1.71 bits per heavy atom. The fraction of sp³-hybridized carbons (Fsp3) is 0.176. The quantitative estimate of drug-likeness (QED) is 0.692. The van der Waals surface area contributed by atoms with E-state index in [0.717, 1.165) is 35.7 Å². The third-order valence-corrected chi connectivity index (χ3v) is 4.13. The van der Waals surface area contributed by atoms with Crippen molar-refractivity contribution in [3.63, 3.8) is 0 Å². The monoisotopic (exact) mass is 278 g/mol. The Morgan fingerprint density at radius 2 is 1.19 bits per heavy atom. The number of rotatable bonds is 0. The van der Waals surface area contributed by atoms with Crippen LogP contribution in [0.5, 0.6) is 11.5 Å². The third-order valence-electron chi connectivity index (χ3n) is 4.13. The zero-order valence-electron chi connectivity index (χ0n) is 11.4. The number of fused-ring (bicyclic) bond motifs is 4. The summed E-state index contributed by atoms with van der Waals surface area (Å²) in [7, 11) is 0. The first-order valence-electron chi connectivity index (χ1n) is 7.20. The van der Waals surface area contributed by atoms with Crippen molar-refractivity contribution < 1.29 is 18.6 Å². The molecule has 0 saturated carbocycles. The molecule has 102 valence electrons.